The summed E-state index contributed by atoms with van der Waals surface area (Å²) in [6.07, 6.45) is 3.28. The van der Waals surface area contributed by atoms with Crippen LogP contribution in [0, 0.1) is 17.5 Å². The van der Waals surface area contributed by atoms with Crippen molar-refractivity contribution < 1.29 is 27.8 Å². The third kappa shape index (κ3) is 4.19. The number of hydrogen-bond acceptors (Lipinski definition) is 5. The van der Waals surface area contributed by atoms with Crippen LogP contribution in [-0.4, -0.2) is 28.5 Å². The number of aromatic nitrogens is 3. The van der Waals surface area contributed by atoms with Gasteiger partial charge >= 0.3 is 0 Å². The van der Waals surface area contributed by atoms with E-state index in [0.717, 1.165) is 12.4 Å². The lowest BCUT2D eigenvalue weighted by Gasteiger charge is -2.06. The third-order valence-electron chi connectivity index (χ3n) is 3.24. The number of halogens is 3. The standard InChI is InChI=1S/C15H9F3N4O3S.C2H6.H2/c16-10-4-5-12(14(18)13(10)17)26(24,25)22-8-9(7-20-22)21-15(23)11-3-1-2-6-19-11;1-2;/h1-8H,(H,21,23);1-2H3;1H. The molecule has 0 spiro atoms. The summed E-state index contributed by atoms with van der Waals surface area (Å²) in [5.74, 6) is -5.92. The summed E-state index contributed by atoms with van der Waals surface area (Å²) in [5.41, 5.74) is 0.0574. The van der Waals surface area contributed by atoms with Crippen LogP contribution in [0.3, 0.4) is 0 Å². The van der Waals surface area contributed by atoms with Crippen molar-refractivity contribution in [2.75, 3.05) is 5.32 Å². The van der Waals surface area contributed by atoms with E-state index < -0.39 is 38.3 Å². The van der Waals surface area contributed by atoms with Crippen molar-refractivity contribution >= 4 is 21.6 Å². The molecule has 0 saturated carbocycles. The normalized spacial score (nSPS) is 10.8. The molecule has 2 heterocycles. The Bertz CT molecular complexity index is 1090. The highest BCUT2D eigenvalue weighted by atomic mass is 32.2. The van der Waals surface area contributed by atoms with E-state index in [1.165, 1.54) is 12.3 Å². The van der Waals surface area contributed by atoms with E-state index in [4.69, 9.17) is 0 Å². The predicted molar refractivity (Wildman–Crippen MR) is 96.8 cm³/mol. The maximum absolute atomic E-state index is 13.8. The first-order chi connectivity index (χ1) is 13.3. The number of benzene rings is 1. The SMILES string of the molecule is CC.O=C(Nc1cnn(S(=O)(=O)c2ccc(F)c(F)c2F)c1)c1ccccn1.[HH]. The van der Waals surface area contributed by atoms with Crippen molar-refractivity contribution in [3.8, 4) is 0 Å². The Morgan fingerprint density at radius 1 is 1.11 bits per heavy atom. The first kappa shape index (κ1) is 21.1. The van der Waals surface area contributed by atoms with Crippen molar-refractivity contribution in [2.24, 2.45) is 0 Å². The Hall–Kier alpha value is -3.21. The van der Waals surface area contributed by atoms with Gasteiger partial charge in [-0.25, -0.2) is 13.2 Å². The molecule has 3 rings (SSSR count). The molecule has 7 nitrogen and oxygen atoms in total. The molecule has 0 atom stereocenters. The summed E-state index contributed by atoms with van der Waals surface area (Å²) >= 11 is 0. The monoisotopic (exact) mass is 414 g/mol. The molecule has 11 heteroatoms. The Labute approximate surface area is 160 Å². The number of carbonyl (C=O) groups excluding carboxylic acids is 1. The molecule has 0 aliphatic carbocycles. The summed E-state index contributed by atoms with van der Waals surface area (Å²) in [5, 5.41) is 5.88. The van der Waals surface area contributed by atoms with Crippen LogP contribution in [0.1, 0.15) is 25.8 Å². The quantitative estimate of drug-likeness (QED) is 0.660. The lowest BCUT2D eigenvalue weighted by Crippen LogP contribution is -2.16. The Morgan fingerprint density at radius 3 is 2.46 bits per heavy atom. The summed E-state index contributed by atoms with van der Waals surface area (Å²) in [4.78, 5) is 14.7. The summed E-state index contributed by atoms with van der Waals surface area (Å²) in [6.45, 7) is 4.00. The zero-order valence-corrected chi connectivity index (χ0v) is 15.5. The highest BCUT2D eigenvalue weighted by Crippen LogP contribution is 2.22. The molecule has 0 unspecified atom stereocenters. The van der Waals surface area contributed by atoms with Crippen LogP contribution in [0.15, 0.2) is 53.8 Å². The van der Waals surface area contributed by atoms with Crippen LogP contribution in [-0.2, 0) is 10.0 Å². The fraction of sp³-hybridized carbons (Fsp3) is 0.118. The molecular formula is C17H17F3N4O3S. The van der Waals surface area contributed by atoms with Crippen molar-refractivity contribution in [3.63, 3.8) is 0 Å². The molecular weight excluding hydrogens is 397 g/mol. The molecule has 2 aromatic heterocycles. The fourth-order valence-electron chi connectivity index (χ4n) is 2.00. The van der Waals surface area contributed by atoms with Crippen LogP contribution in [0.4, 0.5) is 18.9 Å². The molecule has 3 aromatic rings. The maximum Gasteiger partial charge on any atom is 0.286 e. The van der Waals surface area contributed by atoms with Gasteiger partial charge in [0.15, 0.2) is 17.5 Å². The first-order valence-electron chi connectivity index (χ1n) is 7.97. The molecule has 0 aliphatic heterocycles. The van der Waals surface area contributed by atoms with Crippen molar-refractivity contribution in [2.45, 2.75) is 18.7 Å². The van der Waals surface area contributed by atoms with Crippen LogP contribution in [0.5, 0.6) is 0 Å². The number of hydrogen-bond donors (Lipinski definition) is 1. The van der Waals surface area contributed by atoms with E-state index in [-0.39, 0.29) is 12.8 Å². The lowest BCUT2D eigenvalue weighted by molar-refractivity contribution is 0.102. The Kier molecular flexibility index (Phi) is 6.52. The van der Waals surface area contributed by atoms with Gasteiger partial charge in [0.1, 0.15) is 10.6 Å². The average molecular weight is 414 g/mol. The smallest absolute Gasteiger partial charge is 0.286 e. The van der Waals surface area contributed by atoms with Crippen molar-refractivity contribution in [1.29, 1.82) is 0 Å². The van der Waals surface area contributed by atoms with E-state index in [0.29, 0.717) is 16.2 Å². The highest BCUT2D eigenvalue weighted by molar-refractivity contribution is 7.89. The van der Waals surface area contributed by atoms with Gasteiger partial charge in [-0.3, -0.25) is 9.78 Å². The van der Waals surface area contributed by atoms with Gasteiger partial charge in [-0.05, 0) is 24.3 Å². The van der Waals surface area contributed by atoms with Gasteiger partial charge in [0.25, 0.3) is 15.9 Å². The predicted octanol–water partition coefficient (Wildman–Crippen LogP) is 3.46. The Morgan fingerprint density at radius 2 is 1.82 bits per heavy atom. The number of pyridine rings is 1. The van der Waals surface area contributed by atoms with Crippen LogP contribution < -0.4 is 5.32 Å². The van der Waals surface area contributed by atoms with Gasteiger partial charge in [0.05, 0.1) is 18.1 Å². The number of anilines is 1. The van der Waals surface area contributed by atoms with E-state index >= 15 is 0 Å². The minimum absolute atomic E-state index is 0. The molecule has 1 aromatic carbocycles. The van der Waals surface area contributed by atoms with Gasteiger partial charge in [0.2, 0.25) is 0 Å². The number of amides is 1. The molecule has 0 bridgehead atoms. The summed E-state index contributed by atoms with van der Waals surface area (Å²) in [7, 11) is -4.63. The second-order valence-corrected chi connectivity index (χ2v) is 6.71. The number of rotatable bonds is 4. The van der Waals surface area contributed by atoms with Gasteiger partial charge < -0.3 is 5.32 Å². The largest absolute Gasteiger partial charge is 0.318 e. The number of nitrogens with one attached hydrogen (secondary N) is 1. The molecule has 0 fully saturated rings. The van der Waals surface area contributed by atoms with E-state index in [1.54, 1.807) is 12.1 Å². The number of nitrogens with zero attached hydrogens (tertiary/aromatic N) is 3. The van der Waals surface area contributed by atoms with E-state index in [1.807, 2.05) is 13.8 Å². The van der Waals surface area contributed by atoms with E-state index in [2.05, 4.69) is 15.4 Å². The first-order valence-corrected chi connectivity index (χ1v) is 9.41. The Balaban J connectivity index is 0.00000136. The topological polar surface area (TPSA) is 94.0 Å². The average Bonchev–Trinajstić information content (AvgIpc) is 3.17. The minimum atomic E-state index is -4.63. The number of carbonyl (C=O) groups is 1. The molecule has 0 saturated heterocycles. The lowest BCUT2D eigenvalue weighted by atomic mass is 10.3. The van der Waals surface area contributed by atoms with Gasteiger partial charge in [0, 0.05) is 7.62 Å². The summed E-state index contributed by atoms with van der Waals surface area (Å²) < 4.78 is 65.0. The fourth-order valence-corrected chi connectivity index (χ4v) is 3.18. The van der Waals surface area contributed by atoms with Crippen LogP contribution >= 0.6 is 0 Å². The van der Waals surface area contributed by atoms with Gasteiger partial charge in [-0.1, -0.05) is 19.9 Å². The zero-order chi connectivity index (χ0) is 20.9. The minimum Gasteiger partial charge on any atom is -0.318 e. The molecule has 1 amide bonds. The highest BCUT2D eigenvalue weighted by Gasteiger charge is 2.26. The molecule has 28 heavy (non-hydrogen) atoms. The summed E-state index contributed by atoms with van der Waals surface area (Å²) in [6, 6.07) is 5.70. The van der Waals surface area contributed by atoms with Gasteiger partial charge in [-0.2, -0.15) is 17.6 Å². The van der Waals surface area contributed by atoms with Crippen LogP contribution in [0.2, 0.25) is 0 Å². The van der Waals surface area contributed by atoms with Gasteiger partial charge in [-0.15, -0.1) is 0 Å². The molecule has 0 radical (unpaired) electrons. The molecule has 150 valence electrons. The third-order valence-corrected chi connectivity index (χ3v) is 4.80. The van der Waals surface area contributed by atoms with Crippen LogP contribution in [0.25, 0.3) is 0 Å². The zero-order valence-electron chi connectivity index (χ0n) is 14.7. The van der Waals surface area contributed by atoms with Crippen molar-refractivity contribution in [3.05, 3.63) is 72.1 Å². The molecule has 0 aliphatic rings. The van der Waals surface area contributed by atoms with E-state index in [9.17, 15) is 26.4 Å². The second-order valence-electron chi connectivity index (χ2n) is 4.95. The maximum atomic E-state index is 13.8. The van der Waals surface area contributed by atoms with Crippen molar-refractivity contribution in [1.82, 2.24) is 14.2 Å². The second kappa shape index (κ2) is 8.65. The molecule has 1 N–H and O–H groups in total.